The van der Waals surface area contributed by atoms with Gasteiger partial charge in [-0.05, 0) is 39.5 Å². The average Bonchev–Trinajstić information content (AvgIpc) is 2.93. The Hall–Kier alpha value is -0.610. The number of aliphatic hydroxyl groups is 1. The zero-order valence-corrected chi connectivity index (χ0v) is 10.4. The lowest BCUT2D eigenvalue weighted by Crippen LogP contribution is -2.67. The third-order valence-electron chi connectivity index (χ3n) is 3.65. The first-order valence-electron chi connectivity index (χ1n) is 6.19. The fourth-order valence-electron chi connectivity index (χ4n) is 2.38. The lowest BCUT2D eigenvalue weighted by Gasteiger charge is -2.49. The van der Waals surface area contributed by atoms with E-state index in [-0.39, 0.29) is 18.0 Å². The van der Waals surface area contributed by atoms with E-state index in [9.17, 15) is 9.90 Å². The summed E-state index contributed by atoms with van der Waals surface area (Å²) in [7, 11) is 0. The SMILES string of the molecule is CC(C)NC(=O)C(C)N1CC(O)(C2CC2)C1. The molecule has 1 amide bonds. The van der Waals surface area contributed by atoms with Crippen LogP contribution in [0.5, 0.6) is 0 Å². The highest BCUT2D eigenvalue weighted by Gasteiger charge is 2.53. The molecular formula is C12H22N2O2. The largest absolute Gasteiger partial charge is 0.387 e. The zero-order valence-electron chi connectivity index (χ0n) is 10.4. The lowest BCUT2D eigenvalue weighted by molar-refractivity contribution is -0.147. The molecule has 2 fully saturated rings. The van der Waals surface area contributed by atoms with Gasteiger partial charge in [0.05, 0.1) is 11.6 Å². The number of hydrogen-bond acceptors (Lipinski definition) is 3. The number of β-amino-alcohol motifs (C(OH)–C–C–N with tert-alkyl or cyclic N) is 1. The van der Waals surface area contributed by atoms with Gasteiger partial charge >= 0.3 is 0 Å². The molecule has 1 aliphatic heterocycles. The van der Waals surface area contributed by atoms with Gasteiger partial charge in [-0.25, -0.2) is 0 Å². The number of carbonyl (C=O) groups is 1. The van der Waals surface area contributed by atoms with E-state index in [1.165, 1.54) is 0 Å². The molecule has 2 rings (SSSR count). The number of amides is 1. The van der Waals surface area contributed by atoms with Crippen molar-refractivity contribution in [1.29, 1.82) is 0 Å². The second-order valence-electron chi connectivity index (χ2n) is 5.62. The first kappa shape index (κ1) is 11.9. The van der Waals surface area contributed by atoms with Gasteiger partial charge in [-0.1, -0.05) is 0 Å². The normalized spacial score (nSPS) is 26.3. The molecule has 4 nitrogen and oxygen atoms in total. The van der Waals surface area contributed by atoms with Crippen LogP contribution in [0.1, 0.15) is 33.6 Å². The Kier molecular flexibility index (Phi) is 2.97. The number of likely N-dealkylation sites (tertiary alicyclic amines) is 1. The highest BCUT2D eigenvalue weighted by molar-refractivity contribution is 5.81. The van der Waals surface area contributed by atoms with Crippen LogP contribution in [0.15, 0.2) is 0 Å². The number of carbonyl (C=O) groups excluding carboxylic acids is 1. The maximum absolute atomic E-state index is 11.7. The van der Waals surface area contributed by atoms with E-state index in [0.717, 1.165) is 12.8 Å². The predicted octanol–water partition coefficient (Wildman–Crippen LogP) is 0.356. The summed E-state index contributed by atoms with van der Waals surface area (Å²) in [6, 6.07) is 0.0555. The predicted molar refractivity (Wildman–Crippen MR) is 62.0 cm³/mol. The standard InChI is InChI=1S/C12H22N2O2/c1-8(2)13-11(15)9(3)14-6-12(16,7-14)10-4-5-10/h8-10,16H,4-7H2,1-3H3,(H,13,15). The highest BCUT2D eigenvalue weighted by atomic mass is 16.3. The molecule has 0 aromatic rings. The van der Waals surface area contributed by atoms with Crippen molar-refractivity contribution in [2.75, 3.05) is 13.1 Å². The Balaban J connectivity index is 1.80. The second-order valence-corrected chi connectivity index (χ2v) is 5.62. The van der Waals surface area contributed by atoms with Gasteiger partial charge in [0, 0.05) is 19.1 Å². The fourth-order valence-corrected chi connectivity index (χ4v) is 2.38. The second kappa shape index (κ2) is 4.00. The Labute approximate surface area is 97.0 Å². The van der Waals surface area contributed by atoms with E-state index in [2.05, 4.69) is 10.2 Å². The van der Waals surface area contributed by atoms with Gasteiger partial charge in [0.15, 0.2) is 0 Å². The molecule has 0 radical (unpaired) electrons. The van der Waals surface area contributed by atoms with Crippen molar-refractivity contribution in [2.24, 2.45) is 5.92 Å². The van der Waals surface area contributed by atoms with Crippen molar-refractivity contribution < 1.29 is 9.90 Å². The monoisotopic (exact) mass is 226 g/mol. The van der Waals surface area contributed by atoms with Crippen LogP contribution in [0.2, 0.25) is 0 Å². The van der Waals surface area contributed by atoms with Crippen LogP contribution >= 0.6 is 0 Å². The van der Waals surface area contributed by atoms with Crippen molar-refractivity contribution in [3.8, 4) is 0 Å². The van der Waals surface area contributed by atoms with Crippen LogP contribution in [-0.4, -0.2) is 46.7 Å². The Morgan fingerprint density at radius 2 is 1.94 bits per heavy atom. The Morgan fingerprint density at radius 1 is 1.38 bits per heavy atom. The van der Waals surface area contributed by atoms with Gasteiger partial charge in [-0.15, -0.1) is 0 Å². The molecule has 0 aromatic carbocycles. The minimum Gasteiger partial charge on any atom is -0.387 e. The third-order valence-corrected chi connectivity index (χ3v) is 3.65. The Morgan fingerprint density at radius 3 is 2.38 bits per heavy atom. The zero-order chi connectivity index (χ0) is 11.9. The van der Waals surface area contributed by atoms with Crippen LogP contribution in [0.25, 0.3) is 0 Å². The minimum absolute atomic E-state index is 0.0628. The molecule has 1 saturated carbocycles. The van der Waals surface area contributed by atoms with Crippen LogP contribution in [0.4, 0.5) is 0 Å². The van der Waals surface area contributed by atoms with Crippen molar-refractivity contribution in [1.82, 2.24) is 10.2 Å². The van der Waals surface area contributed by atoms with Gasteiger partial charge in [0.2, 0.25) is 5.91 Å². The molecule has 1 atom stereocenters. The van der Waals surface area contributed by atoms with Crippen molar-refractivity contribution >= 4 is 5.91 Å². The minimum atomic E-state index is -0.494. The topological polar surface area (TPSA) is 52.6 Å². The molecule has 0 bridgehead atoms. The summed E-state index contributed by atoms with van der Waals surface area (Å²) >= 11 is 0. The molecule has 1 unspecified atom stereocenters. The van der Waals surface area contributed by atoms with E-state index in [1.807, 2.05) is 20.8 Å². The lowest BCUT2D eigenvalue weighted by atomic mass is 9.87. The van der Waals surface area contributed by atoms with Crippen LogP contribution < -0.4 is 5.32 Å². The van der Waals surface area contributed by atoms with Crippen molar-refractivity contribution in [3.63, 3.8) is 0 Å². The molecule has 0 aromatic heterocycles. The van der Waals surface area contributed by atoms with Crippen molar-refractivity contribution in [3.05, 3.63) is 0 Å². The fraction of sp³-hybridized carbons (Fsp3) is 0.917. The van der Waals surface area contributed by atoms with Crippen molar-refractivity contribution in [2.45, 2.75) is 51.3 Å². The summed E-state index contributed by atoms with van der Waals surface area (Å²) in [5.74, 6) is 0.553. The van der Waals surface area contributed by atoms with E-state index in [4.69, 9.17) is 0 Å². The molecule has 2 aliphatic rings. The molecule has 2 N–H and O–H groups in total. The molecule has 16 heavy (non-hydrogen) atoms. The summed E-state index contributed by atoms with van der Waals surface area (Å²) < 4.78 is 0. The number of rotatable bonds is 4. The average molecular weight is 226 g/mol. The van der Waals surface area contributed by atoms with Gasteiger partial charge in [-0.3, -0.25) is 9.69 Å². The van der Waals surface area contributed by atoms with Gasteiger partial charge in [-0.2, -0.15) is 0 Å². The summed E-state index contributed by atoms with van der Waals surface area (Å²) in [6.07, 6.45) is 2.30. The smallest absolute Gasteiger partial charge is 0.237 e. The quantitative estimate of drug-likeness (QED) is 0.727. The van der Waals surface area contributed by atoms with E-state index < -0.39 is 5.60 Å². The van der Waals surface area contributed by atoms with E-state index in [1.54, 1.807) is 0 Å². The van der Waals surface area contributed by atoms with E-state index >= 15 is 0 Å². The molecular weight excluding hydrogens is 204 g/mol. The van der Waals surface area contributed by atoms with Gasteiger partial charge in [0.1, 0.15) is 0 Å². The molecule has 92 valence electrons. The molecule has 4 heteroatoms. The summed E-state index contributed by atoms with van der Waals surface area (Å²) in [5.41, 5.74) is -0.494. The van der Waals surface area contributed by atoms with Gasteiger partial charge in [0.25, 0.3) is 0 Å². The van der Waals surface area contributed by atoms with Crippen LogP contribution in [0, 0.1) is 5.92 Å². The summed E-state index contributed by atoms with van der Waals surface area (Å²) in [4.78, 5) is 13.8. The molecule has 1 aliphatic carbocycles. The third kappa shape index (κ3) is 2.23. The molecule has 0 spiro atoms. The molecule has 1 saturated heterocycles. The first-order chi connectivity index (χ1) is 7.42. The number of hydrogen-bond donors (Lipinski definition) is 2. The highest BCUT2D eigenvalue weighted by Crippen LogP contribution is 2.44. The maximum Gasteiger partial charge on any atom is 0.237 e. The van der Waals surface area contributed by atoms with Gasteiger partial charge < -0.3 is 10.4 Å². The van der Waals surface area contributed by atoms with Crippen LogP contribution in [-0.2, 0) is 4.79 Å². The Bertz CT molecular complexity index is 281. The first-order valence-corrected chi connectivity index (χ1v) is 6.19. The maximum atomic E-state index is 11.7. The molecule has 1 heterocycles. The number of nitrogens with one attached hydrogen (secondary N) is 1. The summed E-state index contributed by atoms with van der Waals surface area (Å²) in [5, 5.41) is 13.1. The van der Waals surface area contributed by atoms with E-state index in [0.29, 0.717) is 19.0 Å². The van der Waals surface area contributed by atoms with Crippen LogP contribution in [0.3, 0.4) is 0 Å². The number of nitrogens with zero attached hydrogens (tertiary/aromatic N) is 1. The summed E-state index contributed by atoms with van der Waals surface area (Å²) in [6.45, 7) is 7.14.